The summed E-state index contributed by atoms with van der Waals surface area (Å²) in [5.41, 5.74) is 8.36. The van der Waals surface area contributed by atoms with Gasteiger partial charge in [-0.1, -0.05) is 13.8 Å². The van der Waals surface area contributed by atoms with E-state index in [0.717, 1.165) is 56.4 Å². The van der Waals surface area contributed by atoms with Gasteiger partial charge < -0.3 is 25.4 Å². The van der Waals surface area contributed by atoms with Crippen LogP contribution in [0.4, 0.5) is 0 Å². The van der Waals surface area contributed by atoms with Crippen LogP contribution in [0.25, 0.3) is 0 Å². The maximum atomic E-state index is 13.0. The predicted octanol–water partition coefficient (Wildman–Crippen LogP) is 1.08. The van der Waals surface area contributed by atoms with Crippen molar-refractivity contribution in [2.45, 2.75) is 64.0 Å². The molecule has 172 valence electrons. The Morgan fingerprint density at radius 3 is 2.77 bits per heavy atom. The summed E-state index contributed by atoms with van der Waals surface area (Å²) in [7, 11) is 0. The summed E-state index contributed by atoms with van der Waals surface area (Å²) in [6.07, 6.45) is 5.57. The van der Waals surface area contributed by atoms with Gasteiger partial charge in [0.1, 0.15) is 12.2 Å². The van der Waals surface area contributed by atoms with Gasteiger partial charge in [0.05, 0.1) is 19.3 Å². The molecule has 8 heteroatoms. The first-order valence-electron chi connectivity index (χ1n) is 11.8. The van der Waals surface area contributed by atoms with E-state index in [2.05, 4.69) is 13.8 Å². The molecule has 4 fully saturated rings. The van der Waals surface area contributed by atoms with Crippen LogP contribution in [0.3, 0.4) is 0 Å². The Labute approximate surface area is 184 Å². The summed E-state index contributed by atoms with van der Waals surface area (Å²) in [5.74, 6) is 0.670. The Morgan fingerprint density at radius 2 is 2.13 bits per heavy atom. The molecule has 1 aliphatic heterocycles. The van der Waals surface area contributed by atoms with Gasteiger partial charge in [-0.2, -0.15) is 0 Å². The number of aliphatic imine (C=N–C) groups is 1. The van der Waals surface area contributed by atoms with E-state index in [4.69, 9.17) is 15.5 Å². The Hall–Kier alpha value is -1.93. The van der Waals surface area contributed by atoms with E-state index in [1.807, 2.05) is 4.90 Å². The van der Waals surface area contributed by atoms with Crippen LogP contribution in [0.1, 0.15) is 52.4 Å². The average Bonchev–Trinajstić information content (AvgIpc) is 3.72. The van der Waals surface area contributed by atoms with Crippen LogP contribution in [0, 0.1) is 11.8 Å². The number of fused-ring (bicyclic) bond motifs is 1. The smallest absolute Gasteiger partial charge is 0.270 e. The van der Waals surface area contributed by atoms with Crippen molar-refractivity contribution in [3.63, 3.8) is 0 Å². The highest BCUT2D eigenvalue weighted by Crippen LogP contribution is 2.54. The van der Waals surface area contributed by atoms with Crippen molar-refractivity contribution in [1.82, 2.24) is 9.80 Å². The third-order valence-electron chi connectivity index (χ3n) is 7.42. The molecule has 0 aromatic heterocycles. The summed E-state index contributed by atoms with van der Waals surface area (Å²) in [6.45, 7) is 6.24. The summed E-state index contributed by atoms with van der Waals surface area (Å²) in [6, 6.07) is 0. The lowest BCUT2D eigenvalue weighted by Crippen LogP contribution is -2.48. The fourth-order valence-electron chi connectivity index (χ4n) is 5.26. The molecule has 3 aliphatic carbocycles. The van der Waals surface area contributed by atoms with Crippen molar-refractivity contribution >= 4 is 17.5 Å². The largest absolute Gasteiger partial charge is 0.394 e. The summed E-state index contributed by atoms with van der Waals surface area (Å²) >= 11 is 0. The number of ether oxygens (including phenoxy) is 1. The van der Waals surface area contributed by atoms with Gasteiger partial charge in [0.2, 0.25) is 5.91 Å². The van der Waals surface area contributed by atoms with E-state index in [-0.39, 0.29) is 42.3 Å². The Balaban J connectivity index is 1.48. The van der Waals surface area contributed by atoms with Crippen LogP contribution in [0.2, 0.25) is 0 Å². The lowest BCUT2D eigenvalue weighted by atomic mass is 10.0. The molecule has 1 saturated heterocycles. The summed E-state index contributed by atoms with van der Waals surface area (Å²) in [5, 5.41) is 9.35. The third kappa shape index (κ3) is 4.37. The molecule has 4 aliphatic rings. The normalized spacial score (nSPS) is 31.4. The van der Waals surface area contributed by atoms with Crippen LogP contribution in [-0.4, -0.2) is 83.5 Å². The van der Waals surface area contributed by atoms with E-state index in [1.54, 1.807) is 4.90 Å². The maximum Gasteiger partial charge on any atom is 0.270 e. The highest BCUT2D eigenvalue weighted by Gasteiger charge is 2.51. The number of allylic oxidation sites excluding steroid dienone is 1. The second-order valence-corrected chi connectivity index (χ2v) is 9.45. The number of nitrogens with two attached hydrogens (primary N) is 1. The number of morpholine rings is 1. The molecule has 8 nitrogen and oxygen atoms in total. The second kappa shape index (κ2) is 8.90. The van der Waals surface area contributed by atoms with Crippen LogP contribution < -0.4 is 5.73 Å². The zero-order valence-corrected chi connectivity index (χ0v) is 18.8. The molecule has 31 heavy (non-hydrogen) atoms. The van der Waals surface area contributed by atoms with Crippen molar-refractivity contribution < 1.29 is 19.4 Å². The molecule has 0 aromatic rings. The SMILES string of the molecule is CCCN(C(=O)CN=C1CC2CC2/C1=C(/N)C(=O)N1CCOC(CO)C1)C1(CC)CC1. The van der Waals surface area contributed by atoms with Crippen LogP contribution in [0.15, 0.2) is 16.3 Å². The molecule has 3 unspecified atom stereocenters. The summed E-state index contributed by atoms with van der Waals surface area (Å²) < 4.78 is 5.45. The highest BCUT2D eigenvalue weighted by atomic mass is 16.5. The van der Waals surface area contributed by atoms with Gasteiger partial charge in [0.25, 0.3) is 5.91 Å². The molecule has 2 amide bonds. The Bertz CT molecular complexity index is 788. The van der Waals surface area contributed by atoms with Gasteiger partial charge in [-0.3, -0.25) is 14.6 Å². The number of hydrogen-bond acceptors (Lipinski definition) is 6. The van der Waals surface area contributed by atoms with Crippen molar-refractivity contribution in [1.29, 1.82) is 0 Å². The minimum absolute atomic E-state index is 0.0400. The zero-order valence-electron chi connectivity index (χ0n) is 18.8. The zero-order chi connectivity index (χ0) is 22.2. The number of carbonyl (C=O) groups excluding carboxylic acids is 2. The molecule has 0 spiro atoms. The standard InChI is InChI=1S/C23H36N4O4/c1-3-7-27(23(4-2)5-6-23)19(29)12-25-18-11-15-10-17(15)20(18)21(24)22(30)26-8-9-31-16(13-26)14-28/h15-17,28H,3-14,24H2,1-2H3/b21-20-,25-18?. The molecule has 3 N–H and O–H groups in total. The number of amides is 2. The van der Waals surface area contributed by atoms with Gasteiger partial charge >= 0.3 is 0 Å². The van der Waals surface area contributed by atoms with Crippen LogP contribution in [0.5, 0.6) is 0 Å². The first-order chi connectivity index (χ1) is 14.9. The summed E-state index contributed by atoms with van der Waals surface area (Å²) in [4.78, 5) is 34.4. The Morgan fingerprint density at radius 1 is 1.35 bits per heavy atom. The third-order valence-corrected chi connectivity index (χ3v) is 7.42. The first-order valence-corrected chi connectivity index (χ1v) is 11.8. The van der Waals surface area contributed by atoms with E-state index >= 15 is 0 Å². The second-order valence-electron chi connectivity index (χ2n) is 9.45. The number of aliphatic hydroxyl groups is 1. The molecular weight excluding hydrogens is 396 g/mol. The van der Waals surface area contributed by atoms with Gasteiger partial charge in [0, 0.05) is 36.5 Å². The van der Waals surface area contributed by atoms with Crippen LogP contribution in [-0.2, 0) is 14.3 Å². The van der Waals surface area contributed by atoms with Crippen molar-refractivity contribution in [3.8, 4) is 0 Å². The van der Waals surface area contributed by atoms with Crippen molar-refractivity contribution in [2.75, 3.05) is 39.4 Å². The maximum absolute atomic E-state index is 13.0. The average molecular weight is 433 g/mol. The number of carbonyl (C=O) groups is 2. The monoisotopic (exact) mass is 432 g/mol. The highest BCUT2D eigenvalue weighted by molar-refractivity contribution is 6.11. The number of nitrogens with zero attached hydrogens (tertiary/aromatic N) is 3. The number of rotatable bonds is 8. The van der Waals surface area contributed by atoms with Gasteiger partial charge in [0.15, 0.2) is 0 Å². The lowest BCUT2D eigenvalue weighted by molar-refractivity contribution is -0.136. The minimum Gasteiger partial charge on any atom is -0.394 e. The molecular formula is C23H36N4O4. The van der Waals surface area contributed by atoms with E-state index < -0.39 is 0 Å². The van der Waals surface area contributed by atoms with E-state index in [1.165, 1.54) is 0 Å². The quantitative estimate of drug-likeness (QED) is 0.558. The molecule has 3 atom stereocenters. The minimum atomic E-state index is -0.364. The Kier molecular flexibility index (Phi) is 6.40. The molecule has 0 bridgehead atoms. The molecule has 4 rings (SSSR count). The van der Waals surface area contributed by atoms with Gasteiger partial charge in [-0.05, 0) is 50.4 Å². The lowest BCUT2D eigenvalue weighted by Gasteiger charge is -2.32. The molecule has 0 radical (unpaired) electrons. The molecule has 0 aromatic carbocycles. The van der Waals surface area contributed by atoms with Crippen LogP contribution >= 0.6 is 0 Å². The fraction of sp³-hybridized carbons (Fsp3) is 0.783. The number of aliphatic hydroxyl groups excluding tert-OH is 1. The number of hydrogen-bond donors (Lipinski definition) is 2. The topological polar surface area (TPSA) is 108 Å². The first kappa shape index (κ1) is 22.3. The van der Waals surface area contributed by atoms with Crippen molar-refractivity contribution in [3.05, 3.63) is 11.3 Å². The van der Waals surface area contributed by atoms with Gasteiger partial charge in [-0.15, -0.1) is 0 Å². The van der Waals surface area contributed by atoms with Gasteiger partial charge in [-0.25, -0.2) is 0 Å². The predicted molar refractivity (Wildman–Crippen MR) is 117 cm³/mol. The fourth-order valence-corrected chi connectivity index (χ4v) is 5.26. The molecule has 1 heterocycles. The molecule has 3 saturated carbocycles. The van der Waals surface area contributed by atoms with E-state index in [9.17, 15) is 14.7 Å². The van der Waals surface area contributed by atoms with E-state index in [0.29, 0.717) is 31.5 Å². The van der Waals surface area contributed by atoms with Crippen molar-refractivity contribution in [2.24, 2.45) is 22.6 Å².